The number of hydrogen-bond donors (Lipinski definition) is 2. The van der Waals surface area contributed by atoms with Crippen molar-refractivity contribution in [2.24, 2.45) is 0 Å². The van der Waals surface area contributed by atoms with Crippen LogP contribution in [-0.2, 0) is 11.3 Å². The maximum Gasteiger partial charge on any atom is 0.513 e. The van der Waals surface area contributed by atoms with E-state index in [1.165, 1.54) is 17.5 Å². The Labute approximate surface area is 210 Å². The lowest BCUT2D eigenvalue weighted by molar-refractivity contribution is 0.102. The molecule has 0 spiro atoms. The normalized spacial score (nSPS) is 10.7. The van der Waals surface area contributed by atoms with Crippen molar-refractivity contribution in [3.8, 4) is 11.5 Å². The van der Waals surface area contributed by atoms with Crippen LogP contribution in [0.1, 0.15) is 28.4 Å². The molecule has 0 saturated heterocycles. The van der Waals surface area contributed by atoms with Gasteiger partial charge < -0.3 is 25.3 Å². The van der Waals surface area contributed by atoms with Gasteiger partial charge in [-0.05, 0) is 49.6 Å². The van der Waals surface area contributed by atoms with Crippen LogP contribution in [0.5, 0.6) is 11.5 Å². The summed E-state index contributed by atoms with van der Waals surface area (Å²) in [5, 5.41) is 5.89. The molecule has 2 aromatic carbocycles. The number of rotatable bonds is 7. The first-order valence-electron chi connectivity index (χ1n) is 10.7. The van der Waals surface area contributed by atoms with Gasteiger partial charge in [0.15, 0.2) is 5.75 Å². The van der Waals surface area contributed by atoms with Crippen molar-refractivity contribution in [3.63, 3.8) is 0 Å². The number of ether oxygens (including phenoxy) is 3. The number of fused-ring (bicyclic) bond motifs is 1. The van der Waals surface area contributed by atoms with Gasteiger partial charge in [0.25, 0.3) is 5.91 Å². The highest BCUT2D eigenvalue weighted by Gasteiger charge is 2.18. The van der Waals surface area contributed by atoms with E-state index in [2.05, 4.69) is 10.3 Å². The van der Waals surface area contributed by atoms with Gasteiger partial charge >= 0.3 is 6.16 Å². The highest BCUT2D eigenvalue weighted by Crippen LogP contribution is 2.37. The molecule has 3 N–H and O–H groups in total. The minimum atomic E-state index is -0.810. The second-order valence-electron chi connectivity index (χ2n) is 7.44. The lowest BCUT2D eigenvalue weighted by atomic mass is 10.1. The van der Waals surface area contributed by atoms with Gasteiger partial charge in [-0.25, -0.2) is 9.78 Å². The molecule has 1 amide bonds. The molecule has 0 aliphatic heterocycles. The lowest BCUT2D eigenvalue weighted by Gasteiger charge is -2.13. The van der Waals surface area contributed by atoms with Crippen LogP contribution in [-0.4, -0.2) is 23.7 Å². The van der Waals surface area contributed by atoms with Crippen LogP contribution in [0.2, 0.25) is 5.02 Å². The monoisotopic (exact) mass is 511 g/mol. The summed E-state index contributed by atoms with van der Waals surface area (Å²) in [6.07, 6.45) is 0.581. The molecule has 0 radical (unpaired) electrons. The van der Waals surface area contributed by atoms with Crippen LogP contribution < -0.4 is 20.5 Å². The van der Waals surface area contributed by atoms with E-state index in [-0.39, 0.29) is 24.9 Å². The minimum absolute atomic E-state index is 0.176. The number of hydrogen-bond acceptors (Lipinski definition) is 8. The summed E-state index contributed by atoms with van der Waals surface area (Å²) in [5.41, 5.74) is 8.65. The molecule has 2 heterocycles. The van der Waals surface area contributed by atoms with E-state index in [9.17, 15) is 9.59 Å². The van der Waals surface area contributed by atoms with Crippen LogP contribution in [0.25, 0.3) is 10.1 Å². The van der Waals surface area contributed by atoms with E-state index < -0.39 is 6.16 Å². The summed E-state index contributed by atoms with van der Waals surface area (Å²) in [5.74, 6) is 0.834. The van der Waals surface area contributed by atoms with Crippen molar-refractivity contribution < 1.29 is 23.8 Å². The predicted molar refractivity (Wildman–Crippen MR) is 137 cm³/mol. The second kappa shape index (κ2) is 10.6. The number of carbonyl (C=O) groups excluding carboxylic acids is 2. The fourth-order valence-corrected chi connectivity index (χ4v) is 4.66. The Bertz CT molecular complexity index is 1410. The molecule has 2 aromatic heterocycles. The lowest BCUT2D eigenvalue weighted by Crippen LogP contribution is -2.14. The highest BCUT2D eigenvalue weighted by atomic mass is 35.5. The van der Waals surface area contributed by atoms with Gasteiger partial charge in [-0.3, -0.25) is 4.79 Å². The van der Waals surface area contributed by atoms with E-state index in [1.807, 2.05) is 12.3 Å². The molecule has 0 saturated carbocycles. The van der Waals surface area contributed by atoms with Crippen LogP contribution in [0.3, 0.4) is 0 Å². The van der Waals surface area contributed by atoms with Crippen LogP contribution in [0, 0.1) is 6.92 Å². The Balaban J connectivity index is 1.53. The van der Waals surface area contributed by atoms with Crippen molar-refractivity contribution in [2.75, 3.05) is 17.7 Å². The highest BCUT2D eigenvalue weighted by molar-refractivity contribution is 7.17. The standard InChI is InChI=1S/C25H22ClN3O5S/c1-3-32-25(31)34-20-11-28-23(27)21-15(13-35-22(20)21)12-33-19-9-5-8-18(14(19)2)24(30)29-17-7-4-6-16(26)10-17/h4-11,13H,3,12H2,1-2H3,(H2,27,28)(H,29,30). The van der Waals surface area contributed by atoms with E-state index in [1.54, 1.807) is 49.4 Å². The van der Waals surface area contributed by atoms with Crippen LogP contribution >= 0.6 is 22.9 Å². The zero-order chi connectivity index (χ0) is 24.9. The first-order chi connectivity index (χ1) is 16.9. The number of nitrogens with one attached hydrogen (secondary N) is 1. The third kappa shape index (κ3) is 5.47. The molecular weight excluding hydrogens is 490 g/mol. The SMILES string of the molecule is CCOC(=O)Oc1cnc(N)c2c(COc3cccc(C(=O)Nc4cccc(Cl)c4)c3C)csc12. The molecule has 4 rings (SSSR count). The van der Waals surface area contributed by atoms with Gasteiger partial charge in [-0.15, -0.1) is 11.3 Å². The van der Waals surface area contributed by atoms with E-state index in [4.69, 9.17) is 31.5 Å². The number of nitrogen functional groups attached to an aromatic ring is 1. The number of halogens is 1. The zero-order valence-electron chi connectivity index (χ0n) is 19.0. The number of nitrogens with zero attached hydrogens (tertiary/aromatic N) is 1. The Morgan fingerprint density at radius 3 is 2.74 bits per heavy atom. The average molecular weight is 512 g/mol. The predicted octanol–water partition coefficient (Wildman–Crippen LogP) is 6.21. The van der Waals surface area contributed by atoms with Crippen molar-refractivity contribution in [2.45, 2.75) is 20.5 Å². The van der Waals surface area contributed by atoms with Gasteiger partial charge in [0.2, 0.25) is 0 Å². The molecule has 0 aliphatic rings. The summed E-state index contributed by atoms with van der Waals surface area (Å²) >= 11 is 7.36. The van der Waals surface area contributed by atoms with Crippen molar-refractivity contribution >= 4 is 56.6 Å². The first kappa shape index (κ1) is 24.3. The molecule has 35 heavy (non-hydrogen) atoms. The van der Waals surface area contributed by atoms with Gasteiger partial charge in [-0.2, -0.15) is 0 Å². The number of thiophene rings is 1. The first-order valence-corrected chi connectivity index (χ1v) is 11.9. The topological polar surface area (TPSA) is 113 Å². The Kier molecular flexibility index (Phi) is 7.38. The molecule has 4 aromatic rings. The van der Waals surface area contributed by atoms with E-state index in [0.717, 1.165) is 5.56 Å². The van der Waals surface area contributed by atoms with E-state index >= 15 is 0 Å². The molecule has 0 fully saturated rings. The molecule has 0 bridgehead atoms. The molecule has 180 valence electrons. The quantitative estimate of drug-likeness (QED) is 0.284. The number of pyridine rings is 1. The van der Waals surface area contributed by atoms with Crippen molar-refractivity contribution in [1.29, 1.82) is 0 Å². The molecule has 8 nitrogen and oxygen atoms in total. The smallest absolute Gasteiger partial charge is 0.489 e. The van der Waals surface area contributed by atoms with Gasteiger partial charge in [0.05, 0.1) is 17.5 Å². The number of anilines is 2. The second-order valence-corrected chi connectivity index (χ2v) is 8.76. The fourth-order valence-electron chi connectivity index (χ4n) is 3.46. The Morgan fingerprint density at radius 2 is 1.97 bits per heavy atom. The fraction of sp³-hybridized carbons (Fsp3) is 0.160. The van der Waals surface area contributed by atoms with Gasteiger partial charge in [0, 0.05) is 32.8 Å². The van der Waals surface area contributed by atoms with Crippen molar-refractivity contribution in [3.05, 3.63) is 75.8 Å². The summed E-state index contributed by atoms with van der Waals surface area (Å²) in [7, 11) is 0. The number of amides is 1. The third-order valence-electron chi connectivity index (χ3n) is 5.12. The third-order valence-corrected chi connectivity index (χ3v) is 6.40. The molecule has 0 unspecified atom stereocenters. The Hall–Kier alpha value is -3.82. The van der Waals surface area contributed by atoms with Crippen molar-refractivity contribution in [1.82, 2.24) is 4.98 Å². The molecule has 0 aliphatic carbocycles. The molecule has 10 heteroatoms. The number of benzene rings is 2. The number of carbonyl (C=O) groups is 2. The van der Waals surface area contributed by atoms with Crippen LogP contribution in [0.15, 0.2) is 54.0 Å². The Morgan fingerprint density at radius 1 is 1.17 bits per heavy atom. The van der Waals surface area contributed by atoms with E-state index in [0.29, 0.717) is 43.5 Å². The molecule has 0 atom stereocenters. The zero-order valence-corrected chi connectivity index (χ0v) is 20.5. The van der Waals surface area contributed by atoms with Crippen LogP contribution in [0.4, 0.5) is 16.3 Å². The van der Waals surface area contributed by atoms with Gasteiger partial charge in [0.1, 0.15) is 18.2 Å². The van der Waals surface area contributed by atoms with Gasteiger partial charge in [-0.1, -0.05) is 23.7 Å². The minimum Gasteiger partial charge on any atom is -0.489 e. The summed E-state index contributed by atoms with van der Waals surface area (Å²) in [4.78, 5) is 28.7. The number of nitrogens with two attached hydrogens (primary N) is 1. The summed E-state index contributed by atoms with van der Waals surface area (Å²) in [6, 6.07) is 12.2. The number of aromatic nitrogens is 1. The average Bonchev–Trinajstić information content (AvgIpc) is 3.25. The summed E-state index contributed by atoms with van der Waals surface area (Å²) < 4.78 is 16.8. The maximum absolute atomic E-state index is 12.8. The largest absolute Gasteiger partial charge is 0.513 e. The maximum atomic E-state index is 12.8. The molecular formula is C25H22ClN3O5S. The summed E-state index contributed by atoms with van der Waals surface area (Å²) in [6.45, 7) is 3.88.